The molecule has 8 nitrogen and oxygen atoms in total. The van der Waals surface area contributed by atoms with E-state index in [1.807, 2.05) is 11.6 Å². The van der Waals surface area contributed by atoms with E-state index < -0.39 is 6.10 Å². The number of aryl methyl sites for hydroxylation is 1. The first-order valence-corrected chi connectivity index (χ1v) is 6.91. The molecular weight excluding hydrogens is 272 g/mol. The fraction of sp³-hybridized carbons (Fsp3) is 0.538. The van der Waals surface area contributed by atoms with Crippen LogP contribution in [0.25, 0.3) is 11.0 Å². The summed E-state index contributed by atoms with van der Waals surface area (Å²) < 4.78 is 1.82. The van der Waals surface area contributed by atoms with E-state index in [2.05, 4.69) is 15.1 Å². The molecule has 8 heteroatoms. The van der Waals surface area contributed by atoms with Gasteiger partial charge in [0.1, 0.15) is 18.2 Å². The number of anilines is 1. The van der Waals surface area contributed by atoms with Crippen molar-refractivity contribution in [2.24, 2.45) is 0 Å². The molecule has 1 saturated heterocycles. The second-order valence-electron chi connectivity index (χ2n) is 5.39. The summed E-state index contributed by atoms with van der Waals surface area (Å²) in [5, 5.41) is 14.7. The minimum absolute atomic E-state index is 0.0400. The maximum Gasteiger partial charge on any atom is 0.251 e. The van der Waals surface area contributed by atoms with Gasteiger partial charge in [0.25, 0.3) is 5.91 Å². The zero-order valence-corrected chi connectivity index (χ0v) is 12.0. The highest BCUT2D eigenvalue weighted by Gasteiger charge is 2.31. The van der Waals surface area contributed by atoms with E-state index in [0.717, 1.165) is 17.5 Å². The van der Waals surface area contributed by atoms with Crippen molar-refractivity contribution in [2.75, 3.05) is 18.8 Å². The van der Waals surface area contributed by atoms with Crippen LogP contribution in [0, 0.1) is 6.92 Å². The van der Waals surface area contributed by atoms with Gasteiger partial charge in [0.2, 0.25) is 0 Å². The number of amides is 1. The standard InChI is InChI=1S/C13H18N6O2/c1-7-10-11(14)15-6-16-12(10)19(17-7)9-3-4-18(5-9)13(21)8(2)20/h6,8-9,20H,3-5H2,1-2H3,(H2,14,15,16). The van der Waals surface area contributed by atoms with Gasteiger partial charge in [0.15, 0.2) is 5.65 Å². The third kappa shape index (κ3) is 2.21. The number of aliphatic hydroxyl groups excluding tert-OH is 1. The minimum Gasteiger partial charge on any atom is -0.384 e. The summed E-state index contributed by atoms with van der Waals surface area (Å²) in [5.74, 6) is 0.165. The molecule has 0 aliphatic carbocycles. The van der Waals surface area contributed by atoms with Crippen LogP contribution in [0.5, 0.6) is 0 Å². The van der Waals surface area contributed by atoms with Crippen molar-refractivity contribution in [1.29, 1.82) is 0 Å². The molecule has 1 fully saturated rings. The highest BCUT2D eigenvalue weighted by molar-refractivity contribution is 5.88. The molecule has 2 aromatic rings. The topological polar surface area (TPSA) is 110 Å². The Labute approximate surface area is 121 Å². The first kappa shape index (κ1) is 13.7. The zero-order chi connectivity index (χ0) is 15.1. The van der Waals surface area contributed by atoms with E-state index in [-0.39, 0.29) is 11.9 Å². The van der Waals surface area contributed by atoms with Gasteiger partial charge in [-0.05, 0) is 20.3 Å². The average Bonchev–Trinajstić information content (AvgIpc) is 3.03. The zero-order valence-electron chi connectivity index (χ0n) is 12.0. The number of hydrogen-bond donors (Lipinski definition) is 2. The molecule has 1 amide bonds. The summed E-state index contributed by atoms with van der Waals surface area (Å²) in [5.41, 5.74) is 7.35. The summed E-state index contributed by atoms with van der Waals surface area (Å²) in [4.78, 5) is 21.8. The average molecular weight is 290 g/mol. The first-order valence-electron chi connectivity index (χ1n) is 6.91. The molecule has 2 atom stereocenters. The Bertz CT molecular complexity index is 695. The monoisotopic (exact) mass is 290 g/mol. The van der Waals surface area contributed by atoms with Crippen LogP contribution in [0.3, 0.4) is 0 Å². The third-order valence-corrected chi connectivity index (χ3v) is 3.87. The van der Waals surface area contributed by atoms with Crippen LogP contribution >= 0.6 is 0 Å². The molecule has 0 spiro atoms. The van der Waals surface area contributed by atoms with E-state index in [1.165, 1.54) is 13.3 Å². The van der Waals surface area contributed by atoms with Gasteiger partial charge in [0, 0.05) is 13.1 Å². The highest BCUT2D eigenvalue weighted by atomic mass is 16.3. The Morgan fingerprint density at radius 3 is 3.00 bits per heavy atom. The number of nitrogen functional groups attached to an aromatic ring is 1. The Balaban J connectivity index is 1.93. The number of aliphatic hydroxyl groups is 1. The van der Waals surface area contributed by atoms with Crippen LogP contribution in [0.1, 0.15) is 25.1 Å². The second kappa shape index (κ2) is 4.96. The van der Waals surface area contributed by atoms with Gasteiger partial charge in [-0.25, -0.2) is 14.6 Å². The molecule has 0 aromatic carbocycles. The van der Waals surface area contributed by atoms with E-state index >= 15 is 0 Å². The lowest BCUT2D eigenvalue weighted by Gasteiger charge is -2.18. The number of carbonyl (C=O) groups is 1. The normalized spacial score (nSPS) is 20.1. The predicted molar refractivity (Wildman–Crippen MR) is 76.4 cm³/mol. The molecule has 3 heterocycles. The van der Waals surface area contributed by atoms with Crippen LogP contribution in [0.15, 0.2) is 6.33 Å². The first-order chi connectivity index (χ1) is 9.99. The number of hydrogen-bond acceptors (Lipinski definition) is 6. The van der Waals surface area contributed by atoms with Gasteiger partial charge in [0.05, 0.1) is 17.1 Å². The largest absolute Gasteiger partial charge is 0.384 e. The number of aromatic nitrogens is 4. The van der Waals surface area contributed by atoms with E-state index in [4.69, 9.17) is 5.73 Å². The minimum atomic E-state index is -0.974. The summed E-state index contributed by atoms with van der Waals surface area (Å²) in [6.45, 7) is 4.47. The lowest BCUT2D eigenvalue weighted by molar-refractivity contribution is -0.138. The molecule has 0 radical (unpaired) electrons. The van der Waals surface area contributed by atoms with Gasteiger partial charge in [-0.2, -0.15) is 5.10 Å². The van der Waals surface area contributed by atoms with Crippen molar-refractivity contribution in [1.82, 2.24) is 24.6 Å². The van der Waals surface area contributed by atoms with E-state index in [1.54, 1.807) is 4.90 Å². The Hall–Kier alpha value is -2.22. The van der Waals surface area contributed by atoms with Gasteiger partial charge >= 0.3 is 0 Å². The smallest absolute Gasteiger partial charge is 0.251 e. The number of nitrogens with zero attached hydrogens (tertiary/aromatic N) is 5. The number of likely N-dealkylation sites (tertiary alicyclic amines) is 1. The van der Waals surface area contributed by atoms with Crippen LogP contribution in [0.2, 0.25) is 0 Å². The Kier molecular flexibility index (Phi) is 3.25. The van der Waals surface area contributed by atoms with Crippen molar-refractivity contribution in [2.45, 2.75) is 32.4 Å². The van der Waals surface area contributed by atoms with Crippen LogP contribution in [-0.2, 0) is 4.79 Å². The third-order valence-electron chi connectivity index (χ3n) is 3.87. The molecular formula is C13H18N6O2. The summed E-state index contributed by atoms with van der Waals surface area (Å²) in [6.07, 6.45) is 1.22. The van der Waals surface area contributed by atoms with Gasteiger partial charge < -0.3 is 15.7 Å². The highest BCUT2D eigenvalue weighted by Crippen LogP contribution is 2.28. The van der Waals surface area contributed by atoms with Gasteiger partial charge in [-0.3, -0.25) is 4.79 Å². The molecule has 2 unspecified atom stereocenters. The van der Waals surface area contributed by atoms with Gasteiger partial charge in [-0.15, -0.1) is 0 Å². The summed E-state index contributed by atoms with van der Waals surface area (Å²) in [7, 11) is 0. The van der Waals surface area contributed by atoms with Crippen LogP contribution < -0.4 is 5.73 Å². The molecule has 2 aromatic heterocycles. The van der Waals surface area contributed by atoms with E-state index in [9.17, 15) is 9.90 Å². The molecule has 1 aliphatic heterocycles. The maximum atomic E-state index is 11.8. The fourth-order valence-corrected chi connectivity index (χ4v) is 2.83. The molecule has 3 rings (SSSR count). The molecule has 112 valence electrons. The Morgan fingerprint density at radius 2 is 2.29 bits per heavy atom. The van der Waals surface area contributed by atoms with Crippen molar-refractivity contribution in [3.05, 3.63) is 12.0 Å². The molecule has 1 aliphatic rings. The SMILES string of the molecule is Cc1nn(C2CCN(C(=O)C(C)O)C2)c2ncnc(N)c12. The molecule has 21 heavy (non-hydrogen) atoms. The lowest BCUT2D eigenvalue weighted by atomic mass is 10.2. The Morgan fingerprint density at radius 1 is 1.52 bits per heavy atom. The quantitative estimate of drug-likeness (QED) is 0.797. The summed E-state index contributed by atoms with van der Waals surface area (Å²) >= 11 is 0. The van der Waals surface area contributed by atoms with Crippen LogP contribution in [-0.4, -0.2) is 54.9 Å². The van der Waals surface area contributed by atoms with Crippen molar-refractivity contribution >= 4 is 22.8 Å². The fourth-order valence-electron chi connectivity index (χ4n) is 2.83. The molecule has 0 bridgehead atoms. The van der Waals surface area contributed by atoms with Crippen molar-refractivity contribution in [3.63, 3.8) is 0 Å². The van der Waals surface area contributed by atoms with Crippen LogP contribution in [0.4, 0.5) is 5.82 Å². The number of rotatable bonds is 2. The maximum absolute atomic E-state index is 11.8. The number of carbonyl (C=O) groups excluding carboxylic acids is 1. The number of nitrogens with two attached hydrogens (primary N) is 1. The molecule has 0 saturated carbocycles. The van der Waals surface area contributed by atoms with Crippen molar-refractivity contribution < 1.29 is 9.90 Å². The molecule has 3 N–H and O–H groups in total. The second-order valence-corrected chi connectivity index (χ2v) is 5.39. The summed E-state index contributed by atoms with van der Waals surface area (Å²) in [6, 6.07) is 0.0400. The number of fused-ring (bicyclic) bond motifs is 1. The predicted octanol–water partition coefficient (Wildman–Crippen LogP) is -0.129. The lowest BCUT2D eigenvalue weighted by Crippen LogP contribution is -2.36. The van der Waals surface area contributed by atoms with Crippen molar-refractivity contribution in [3.8, 4) is 0 Å². The van der Waals surface area contributed by atoms with Gasteiger partial charge in [-0.1, -0.05) is 0 Å². The van der Waals surface area contributed by atoms with E-state index in [0.29, 0.717) is 24.6 Å².